The van der Waals surface area contributed by atoms with E-state index in [1.54, 1.807) is 4.90 Å². The molecule has 1 N–H and O–H groups in total. The molecule has 0 aromatic carbocycles. The Hall–Kier alpha value is -1.06. The Morgan fingerprint density at radius 2 is 2.00 bits per heavy atom. The van der Waals surface area contributed by atoms with E-state index in [0.29, 0.717) is 12.8 Å². The molecule has 0 spiro atoms. The van der Waals surface area contributed by atoms with E-state index in [1.165, 1.54) is 0 Å². The molecule has 4 heteroatoms. The van der Waals surface area contributed by atoms with Gasteiger partial charge < -0.3 is 10.0 Å². The number of carbonyl (C=O) groups excluding carboxylic acids is 1. The third-order valence-corrected chi connectivity index (χ3v) is 3.25. The first-order valence-electron chi connectivity index (χ1n) is 5.24. The number of fused-ring (bicyclic) bond motifs is 1. The molecule has 78 valence electrons. The summed E-state index contributed by atoms with van der Waals surface area (Å²) >= 11 is 0. The van der Waals surface area contributed by atoms with Crippen molar-refractivity contribution in [1.82, 2.24) is 4.90 Å². The summed E-state index contributed by atoms with van der Waals surface area (Å²) < 4.78 is 0. The van der Waals surface area contributed by atoms with Crippen LogP contribution in [0.25, 0.3) is 0 Å². The second kappa shape index (κ2) is 3.59. The molecule has 0 aliphatic carbocycles. The van der Waals surface area contributed by atoms with Gasteiger partial charge in [0.25, 0.3) is 0 Å². The van der Waals surface area contributed by atoms with Crippen LogP contribution in [0.15, 0.2) is 0 Å². The zero-order valence-corrected chi connectivity index (χ0v) is 8.11. The smallest absolute Gasteiger partial charge is 0.326 e. The van der Waals surface area contributed by atoms with Crippen molar-refractivity contribution in [2.45, 2.75) is 50.6 Å². The van der Waals surface area contributed by atoms with E-state index in [0.717, 1.165) is 25.7 Å². The van der Waals surface area contributed by atoms with E-state index in [-0.39, 0.29) is 11.9 Å². The normalized spacial score (nSPS) is 32.6. The largest absolute Gasteiger partial charge is 0.480 e. The van der Waals surface area contributed by atoms with Crippen LogP contribution in [-0.4, -0.2) is 34.0 Å². The standard InChI is InChI=1S/C10H15NO3/c12-9-6-2-4-7-3-1-5-8(10(13)14)11(7)9/h7-8H,1-6H2,(H,13,14). The molecule has 1 amide bonds. The van der Waals surface area contributed by atoms with E-state index in [4.69, 9.17) is 5.11 Å². The van der Waals surface area contributed by atoms with E-state index < -0.39 is 12.0 Å². The Morgan fingerprint density at radius 3 is 2.71 bits per heavy atom. The molecule has 0 aromatic rings. The number of rotatable bonds is 1. The number of nitrogens with zero attached hydrogens (tertiary/aromatic N) is 1. The number of amides is 1. The molecule has 0 saturated carbocycles. The van der Waals surface area contributed by atoms with Crippen molar-refractivity contribution >= 4 is 11.9 Å². The first-order chi connectivity index (χ1) is 6.70. The van der Waals surface area contributed by atoms with Gasteiger partial charge in [0, 0.05) is 12.5 Å². The van der Waals surface area contributed by atoms with E-state index in [2.05, 4.69) is 0 Å². The molecule has 0 aromatic heterocycles. The second-order valence-corrected chi connectivity index (χ2v) is 4.13. The van der Waals surface area contributed by atoms with Crippen molar-refractivity contribution in [3.05, 3.63) is 0 Å². The first-order valence-corrected chi connectivity index (χ1v) is 5.24. The fourth-order valence-corrected chi connectivity index (χ4v) is 2.60. The lowest BCUT2D eigenvalue weighted by Gasteiger charge is -2.43. The number of hydrogen-bond donors (Lipinski definition) is 1. The minimum atomic E-state index is -0.843. The predicted molar refractivity (Wildman–Crippen MR) is 49.8 cm³/mol. The Bertz CT molecular complexity index is 262. The van der Waals surface area contributed by atoms with Gasteiger partial charge in [-0.3, -0.25) is 4.79 Å². The molecule has 2 rings (SSSR count). The van der Waals surface area contributed by atoms with Crippen LogP contribution in [0, 0.1) is 0 Å². The Morgan fingerprint density at radius 1 is 1.29 bits per heavy atom. The highest BCUT2D eigenvalue weighted by atomic mass is 16.4. The molecule has 4 nitrogen and oxygen atoms in total. The summed E-state index contributed by atoms with van der Waals surface area (Å²) in [4.78, 5) is 24.2. The third-order valence-electron chi connectivity index (χ3n) is 3.25. The predicted octanol–water partition coefficient (Wildman–Crippen LogP) is 1.00. The Kier molecular flexibility index (Phi) is 2.44. The lowest BCUT2D eigenvalue weighted by atomic mass is 9.88. The van der Waals surface area contributed by atoms with E-state index in [9.17, 15) is 9.59 Å². The van der Waals surface area contributed by atoms with Gasteiger partial charge >= 0.3 is 5.97 Å². The highest BCUT2D eigenvalue weighted by molar-refractivity contribution is 5.84. The summed E-state index contributed by atoms with van der Waals surface area (Å²) in [5, 5.41) is 9.00. The van der Waals surface area contributed by atoms with Crippen LogP contribution in [0.2, 0.25) is 0 Å². The third kappa shape index (κ3) is 1.49. The van der Waals surface area contributed by atoms with Crippen LogP contribution in [-0.2, 0) is 9.59 Å². The summed E-state index contributed by atoms with van der Waals surface area (Å²) in [5.74, 6) is -0.807. The van der Waals surface area contributed by atoms with Gasteiger partial charge in [-0.25, -0.2) is 4.79 Å². The minimum absolute atomic E-state index is 0.0355. The maximum absolute atomic E-state index is 11.6. The van der Waals surface area contributed by atoms with Crippen molar-refractivity contribution in [1.29, 1.82) is 0 Å². The number of carboxylic acids is 1. The second-order valence-electron chi connectivity index (χ2n) is 4.13. The molecule has 2 saturated heterocycles. The minimum Gasteiger partial charge on any atom is -0.480 e. The van der Waals surface area contributed by atoms with E-state index in [1.807, 2.05) is 0 Å². The van der Waals surface area contributed by atoms with Crippen LogP contribution >= 0.6 is 0 Å². The van der Waals surface area contributed by atoms with Gasteiger partial charge in [-0.1, -0.05) is 0 Å². The quantitative estimate of drug-likeness (QED) is 0.682. The van der Waals surface area contributed by atoms with Gasteiger partial charge in [-0.05, 0) is 32.1 Å². The topological polar surface area (TPSA) is 57.6 Å². The first kappa shape index (κ1) is 9.49. The van der Waals surface area contributed by atoms with Gasteiger partial charge in [0.15, 0.2) is 0 Å². The van der Waals surface area contributed by atoms with Crippen molar-refractivity contribution in [3.8, 4) is 0 Å². The zero-order chi connectivity index (χ0) is 10.1. The maximum atomic E-state index is 11.6. The molecule has 0 radical (unpaired) electrons. The molecule has 2 fully saturated rings. The molecule has 2 unspecified atom stereocenters. The summed E-state index contributed by atoms with van der Waals surface area (Å²) in [6.45, 7) is 0. The molecular weight excluding hydrogens is 182 g/mol. The number of carboxylic acid groups (broad SMARTS) is 1. The number of piperidine rings is 2. The molecular formula is C10H15NO3. The van der Waals surface area contributed by atoms with E-state index >= 15 is 0 Å². The molecule has 2 aliphatic heterocycles. The molecule has 14 heavy (non-hydrogen) atoms. The maximum Gasteiger partial charge on any atom is 0.326 e. The SMILES string of the molecule is O=C(O)C1CCCC2CCCC(=O)N21. The monoisotopic (exact) mass is 197 g/mol. The van der Waals surface area contributed by atoms with Gasteiger partial charge in [-0.15, -0.1) is 0 Å². The number of carbonyl (C=O) groups is 2. The van der Waals surface area contributed by atoms with Crippen molar-refractivity contribution in [2.75, 3.05) is 0 Å². The Labute approximate surface area is 82.9 Å². The van der Waals surface area contributed by atoms with Crippen LogP contribution < -0.4 is 0 Å². The fraction of sp³-hybridized carbons (Fsp3) is 0.800. The lowest BCUT2D eigenvalue weighted by molar-refractivity contribution is -0.157. The van der Waals surface area contributed by atoms with Gasteiger partial charge in [0.1, 0.15) is 6.04 Å². The molecule has 2 atom stereocenters. The average Bonchev–Trinajstić information content (AvgIpc) is 2.17. The molecule has 2 aliphatic rings. The highest BCUT2D eigenvalue weighted by Gasteiger charge is 2.39. The van der Waals surface area contributed by atoms with Crippen molar-refractivity contribution < 1.29 is 14.7 Å². The Balaban J connectivity index is 2.18. The van der Waals surface area contributed by atoms with Crippen LogP contribution in [0.1, 0.15) is 38.5 Å². The fourth-order valence-electron chi connectivity index (χ4n) is 2.60. The van der Waals surface area contributed by atoms with Gasteiger partial charge in [-0.2, -0.15) is 0 Å². The molecule has 2 heterocycles. The van der Waals surface area contributed by atoms with Crippen molar-refractivity contribution in [3.63, 3.8) is 0 Å². The summed E-state index contributed by atoms with van der Waals surface area (Å²) in [6, 6.07) is -0.354. The highest BCUT2D eigenvalue weighted by Crippen LogP contribution is 2.30. The van der Waals surface area contributed by atoms with Gasteiger partial charge in [0.05, 0.1) is 0 Å². The van der Waals surface area contributed by atoms with Crippen molar-refractivity contribution in [2.24, 2.45) is 0 Å². The van der Waals surface area contributed by atoms with Crippen LogP contribution in [0.5, 0.6) is 0 Å². The zero-order valence-electron chi connectivity index (χ0n) is 8.11. The molecule has 0 bridgehead atoms. The summed E-state index contributed by atoms with van der Waals surface area (Å²) in [5.41, 5.74) is 0. The number of aliphatic carboxylic acids is 1. The van der Waals surface area contributed by atoms with Gasteiger partial charge in [0.2, 0.25) is 5.91 Å². The number of hydrogen-bond acceptors (Lipinski definition) is 2. The average molecular weight is 197 g/mol. The van der Waals surface area contributed by atoms with Crippen LogP contribution in [0.4, 0.5) is 0 Å². The summed E-state index contributed by atoms with van der Waals surface area (Å²) in [6.07, 6.45) is 4.97. The summed E-state index contributed by atoms with van der Waals surface area (Å²) in [7, 11) is 0. The van der Waals surface area contributed by atoms with Crippen LogP contribution in [0.3, 0.4) is 0 Å². The lowest BCUT2D eigenvalue weighted by Crippen LogP contribution is -2.55.